The third kappa shape index (κ3) is 2.24. The Balaban J connectivity index is 2.40. The van der Waals surface area contributed by atoms with Crippen LogP contribution in [0, 0.1) is 0 Å². The first-order chi connectivity index (χ1) is 7.31. The second-order valence-electron chi connectivity index (χ2n) is 3.14. The van der Waals surface area contributed by atoms with E-state index in [1.807, 2.05) is 28.9 Å². The van der Waals surface area contributed by atoms with Crippen molar-refractivity contribution in [1.29, 1.82) is 0 Å². The molecule has 0 unspecified atom stereocenters. The molecule has 0 saturated carbocycles. The fourth-order valence-electron chi connectivity index (χ4n) is 1.42. The maximum atomic E-state index is 5.50. The topological polar surface area (TPSA) is 56.7 Å². The van der Waals surface area contributed by atoms with Crippen LogP contribution >= 0.6 is 15.9 Å². The van der Waals surface area contributed by atoms with Crippen LogP contribution in [0.15, 0.2) is 34.9 Å². The van der Waals surface area contributed by atoms with E-state index in [9.17, 15) is 0 Å². The second kappa shape index (κ2) is 4.55. The Morgan fingerprint density at radius 1 is 1.40 bits per heavy atom. The van der Waals surface area contributed by atoms with Gasteiger partial charge in [0, 0.05) is 16.6 Å². The highest BCUT2D eigenvalue weighted by Crippen LogP contribution is 2.21. The molecule has 2 N–H and O–H groups in total. The largest absolute Gasteiger partial charge is 0.329 e. The molecule has 1 aromatic carbocycles. The minimum atomic E-state index is 0.560. The Bertz CT molecular complexity index is 452. The Morgan fingerprint density at radius 2 is 2.27 bits per heavy atom. The summed E-state index contributed by atoms with van der Waals surface area (Å²) in [5.41, 5.74) is 7.57. The molecule has 0 bridgehead atoms. The smallest absolute Gasteiger partial charge is 0.0886 e. The third-order valence-electron chi connectivity index (χ3n) is 2.08. The quantitative estimate of drug-likeness (QED) is 0.920. The molecular weight excluding hydrogens is 256 g/mol. The van der Waals surface area contributed by atoms with Gasteiger partial charge in [-0.3, -0.25) is 0 Å². The van der Waals surface area contributed by atoms with Crippen LogP contribution in [0.4, 0.5) is 0 Å². The molecule has 0 saturated heterocycles. The zero-order valence-electron chi connectivity index (χ0n) is 8.10. The van der Waals surface area contributed by atoms with E-state index in [0.29, 0.717) is 13.1 Å². The highest BCUT2D eigenvalue weighted by molar-refractivity contribution is 9.10. The van der Waals surface area contributed by atoms with Crippen LogP contribution in [0.1, 0.15) is 0 Å². The number of hydrogen-bond donors (Lipinski definition) is 1. The Labute approximate surface area is 96.2 Å². The fourth-order valence-corrected chi connectivity index (χ4v) is 1.82. The molecular formula is C10H11BrN4. The van der Waals surface area contributed by atoms with E-state index in [2.05, 4.69) is 26.2 Å². The number of rotatable bonds is 3. The molecule has 0 aliphatic carbocycles. The lowest BCUT2D eigenvalue weighted by atomic mass is 10.2. The van der Waals surface area contributed by atoms with Crippen molar-refractivity contribution in [2.45, 2.75) is 6.54 Å². The lowest BCUT2D eigenvalue weighted by Gasteiger charge is -2.04. The van der Waals surface area contributed by atoms with Crippen LogP contribution in [0.5, 0.6) is 0 Å². The van der Waals surface area contributed by atoms with E-state index in [1.165, 1.54) is 0 Å². The van der Waals surface area contributed by atoms with E-state index < -0.39 is 0 Å². The van der Waals surface area contributed by atoms with Crippen LogP contribution in [-0.2, 0) is 6.54 Å². The summed E-state index contributed by atoms with van der Waals surface area (Å²) in [5, 5.41) is 7.87. The number of halogens is 1. The number of nitrogens with zero attached hydrogens (tertiary/aromatic N) is 3. The summed E-state index contributed by atoms with van der Waals surface area (Å²) < 4.78 is 2.85. The molecule has 2 rings (SSSR count). The van der Waals surface area contributed by atoms with Crippen molar-refractivity contribution in [2.24, 2.45) is 5.73 Å². The molecule has 4 nitrogen and oxygen atoms in total. The molecule has 0 aliphatic heterocycles. The highest BCUT2D eigenvalue weighted by atomic mass is 79.9. The molecule has 0 fully saturated rings. The van der Waals surface area contributed by atoms with Gasteiger partial charge in [-0.1, -0.05) is 33.3 Å². The van der Waals surface area contributed by atoms with Gasteiger partial charge in [-0.2, -0.15) is 0 Å². The molecule has 2 aromatic rings. The standard InChI is InChI=1S/C10H11BrN4/c11-9-3-1-2-8(6-9)10-7-13-14-15(10)5-4-12/h1-3,6-7H,4-5,12H2. The molecule has 15 heavy (non-hydrogen) atoms. The van der Waals surface area contributed by atoms with Gasteiger partial charge in [0.15, 0.2) is 0 Å². The zero-order chi connectivity index (χ0) is 10.7. The first-order valence-electron chi connectivity index (χ1n) is 4.66. The Hall–Kier alpha value is -1.20. The molecule has 5 heteroatoms. The van der Waals surface area contributed by atoms with Crippen molar-refractivity contribution < 1.29 is 0 Å². The fraction of sp³-hybridized carbons (Fsp3) is 0.200. The van der Waals surface area contributed by atoms with E-state index in [1.54, 1.807) is 6.20 Å². The second-order valence-corrected chi connectivity index (χ2v) is 4.06. The predicted octanol–water partition coefficient (Wildman–Crippen LogP) is 1.67. The van der Waals surface area contributed by atoms with E-state index in [4.69, 9.17) is 5.73 Å². The molecule has 0 atom stereocenters. The van der Waals surface area contributed by atoms with Gasteiger partial charge in [0.1, 0.15) is 0 Å². The van der Waals surface area contributed by atoms with Gasteiger partial charge in [-0.15, -0.1) is 5.10 Å². The van der Waals surface area contributed by atoms with Crippen molar-refractivity contribution in [2.75, 3.05) is 6.54 Å². The summed E-state index contributed by atoms with van der Waals surface area (Å²) in [6.07, 6.45) is 1.75. The van der Waals surface area contributed by atoms with Crippen LogP contribution in [0.25, 0.3) is 11.3 Å². The van der Waals surface area contributed by atoms with Gasteiger partial charge in [-0.05, 0) is 12.1 Å². The minimum Gasteiger partial charge on any atom is -0.329 e. The normalized spacial score (nSPS) is 10.5. The lowest BCUT2D eigenvalue weighted by molar-refractivity contribution is 0.604. The van der Waals surface area contributed by atoms with Crippen molar-refractivity contribution in [3.63, 3.8) is 0 Å². The number of aromatic nitrogens is 3. The van der Waals surface area contributed by atoms with Crippen LogP contribution in [0.2, 0.25) is 0 Å². The molecule has 1 heterocycles. The Kier molecular flexibility index (Phi) is 3.13. The SMILES string of the molecule is NCCn1nncc1-c1cccc(Br)c1. The van der Waals surface area contributed by atoms with Gasteiger partial charge in [-0.25, -0.2) is 4.68 Å². The summed E-state index contributed by atoms with van der Waals surface area (Å²) in [6, 6.07) is 8.03. The summed E-state index contributed by atoms with van der Waals surface area (Å²) >= 11 is 3.44. The van der Waals surface area contributed by atoms with Crippen molar-refractivity contribution in [1.82, 2.24) is 15.0 Å². The Morgan fingerprint density at radius 3 is 3.00 bits per heavy atom. The maximum Gasteiger partial charge on any atom is 0.0886 e. The van der Waals surface area contributed by atoms with Crippen molar-refractivity contribution in [3.8, 4) is 11.3 Å². The van der Waals surface area contributed by atoms with E-state index in [-0.39, 0.29) is 0 Å². The lowest BCUT2D eigenvalue weighted by Crippen LogP contribution is -2.12. The van der Waals surface area contributed by atoms with E-state index >= 15 is 0 Å². The highest BCUT2D eigenvalue weighted by Gasteiger charge is 2.05. The minimum absolute atomic E-state index is 0.560. The average Bonchev–Trinajstić information content (AvgIpc) is 2.66. The van der Waals surface area contributed by atoms with Gasteiger partial charge in [0.25, 0.3) is 0 Å². The first-order valence-corrected chi connectivity index (χ1v) is 5.45. The number of benzene rings is 1. The molecule has 0 spiro atoms. The molecule has 0 radical (unpaired) electrons. The van der Waals surface area contributed by atoms with E-state index in [0.717, 1.165) is 15.7 Å². The van der Waals surface area contributed by atoms with Gasteiger partial charge in [0.05, 0.1) is 18.4 Å². The summed E-state index contributed by atoms with van der Waals surface area (Å²) in [4.78, 5) is 0. The maximum absolute atomic E-state index is 5.50. The molecule has 0 amide bonds. The molecule has 78 valence electrons. The van der Waals surface area contributed by atoms with Crippen LogP contribution in [0.3, 0.4) is 0 Å². The van der Waals surface area contributed by atoms with Gasteiger partial charge in [0.2, 0.25) is 0 Å². The summed E-state index contributed by atoms with van der Waals surface area (Å²) in [6.45, 7) is 1.24. The molecule has 0 aliphatic rings. The number of nitrogens with two attached hydrogens (primary N) is 1. The summed E-state index contributed by atoms with van der Waals surface area (Å²) in [7, 11) is 0. The molecule has 1 aromatic heterocycles. The van der Waals surface area contributed by atoms with Crippen molar-refractivity contribution in [3.05, 3.63) is 34.9 Å². The first kappa shape index (κ1) is 10.3. The van der Waals surface area contributed by atoms with Crippen LogP contribution in [-0.4, -0.2) is 21.5 Å². The van der Waals surface area contributed by atoms with Crippen LogP contribution < -0.4 is 5.73 Å². The average molecular weight is 267 g/mol. The predicted molar refractivity (Wildman–Crippen MR) is 62.2 cm³/mol. The number of hydrogen-bond acceptors (Lipinski definition) is 3. The monoisotopic (exact) mass is 266 g/mol. The zero-order valence-corrected chi connectivity index (χ0v) is 9.68. The van der Waals surface area contributed by atoms with Gasteiger partial charge >= 0.3 is 0 Å². The third-order valence-corrected chi connectivity index (χ3v) is 2.57. The van der Waals surface area contributed by atoms with Gasteiger partial charge < -0.3 is 5.73 Å². The van der Waals surface area contributed by atoms with Crippen molar-refractivity contribution >= 4 is 15.9 Å². The summed E-state index contributed by atoms with van der Waals surface area (Å²) in [5.74, 6) is 0.